The lowest BCUT2D eigenvalue weighted by Crippen LogP contribution is -2.55. The molecular formula is C27H28ClF2N5O4. The number of likely N-dealkylation sites (tertiary alicyclic amines) is 1. The molecule has 2 amide bonds. The molecule has 2 unspecified atom stereocenters. The minimum absolute atomic E-state index is 0.0696. The van der Waals surface area contributed by atoms with E-state index in [1.165, 1.54) is 30.5 Å². The SMILES string of the molecule is C=CC(=O)N1CCC(Oc2cc3c(Nc4ccc(F)c(Cl)c4F)ncnc3cc2OC)CC1C(=O)NCCC. The number of anilines is 2. The van der Waals surface area contributed by atoms with E-state index in [2.05, 4.69) is 27.2 Å². The zero-order chi connectivity index (χ0) is 28.1. The van der Waals surface area contributed by atoms with E-state index in [-0.39, 0.29) is 29.7 Å². The second-order valence-corrected chi connectivity index (χ2v) is 9.28. The first-order valence-electron chi connectivity index (χ1n) is 12.4. The molecule has 206 valence electrons. The van der Waals surface area contributed by atoms with Gasteiger partial charge in [-0.2, -0.15) is 0 Å². The third-order valence-electron chi connectivity index (χ3n) is 6.37. The summed E-state index contributed by atoms with van der Waals surface area (Å²) in [6, 6.07) is 4.83. The van der Waals surface area contributed by atoms with Crippen LogP contribution in [0, 0.1) is 11.6 Å². The number of fused-ring (bicyclic) bond motifs is 1. The summed E-state index contributed by atoms with van der Waals surface area (Å²) in [5.74, 6) is -1.45. The first kappa shape index (κ1) is 28.0. The minimum Gasteiger partial charge on any atom is -0.493 e. The summed E-state index contributed by atoms with van der Waals surface area (Å²) in [6.07, 6.45) is 3.55. The van der Waals surface area contributed by atoms with Crippen LogP contribution in [0.2, 0.25) is 5.02 Å². The number of hydrogen-bond acceptors (Lipinski definition) is 7. The van der Waals surface area contributed by atoms with Gasteiger partial charge in [-0.1, -0.05) is 25.1 Å². The van der Waals surface area contributed by atoms with Gasteiger partial charge in [0.2, 0.25) is 11.8 Å². The smallest absolute Gasteiger partial charge is 0.246 e. The molecular weight excluding hydrogens is 532 g/mol. The van der Waals surface area contributed by atoms with Gasteiger partial charge in [0.25, 0.3) is 0 Å². The summed E-state index contributed by atoms with van der Waals surface area (Å²) in [5, 5.41) is 5.53. The Labute approximate surface area is 229 Å². The number of benzene rings is 2. The molecule has 2 N–H and O–H groups in total. The Morgan fingerprint density at radius 3 is 2.77 bits per heavy atom. The number of carbonyl (C=O) groups is 2. The van der Waals surface area contributed by atoms with E-state index in [4.69, 9.17) is 21.1 Å². The van der Waals surface area contributed by atoms with Crippen molar-refractivity contribution in [3.8, 4) is 11.5 Å². The van der Waals surface area contributed by atoms with Gasteiger partial charge in [0.05, 0.1) is 18.3 Å². The van der Waals surface area contributed by atoms with Gasteiger partial charge in [0, 0.05) is 37.4 Å². The molecule has 0 saturated carbocycles. The number of methoxy groups -OCH3 is 1. The quantitative estimate of drug-likeness (QED) is 0.287. The van der Waals surface area contributed by atoms with Crippen molar-refractivity contribution in [2.45, 2.75) is 38.3 Å². The van der Waals surface area contributed by atoms with E-state index in [1.54, 1.807) is 12.1 Å². The number of ether oxygens (including phenoxy) is 2. The molecule has 0 radical (unpaired) electrons. The van der Waals surface area contributed by atoms with Crippen LogP contribution >= 0.6 is 11.6 Å². The molecule has 1 aliphatic heterocycles. The van der Waals surface area contributed by atoms with Crippen molar-refractivity contribution in [3.05, 3.63) is 59.9 Å². The molecule has 12 heteroatoms. The Balaban J connectivity index is 1.64. The number of amides is 2. The number of nitrogens with one attached hydrogen (secondary N) is 2. The number of halogens is 3. The summed E-state index contributed by atoms with van der Waals surface area (Å²) in [7, 11) is 1.48. The van der Waals surface area contributed by atoms with Crippen LogP contribution in [-0.2, 0) is 9.59 Å². The van der Waals surface area contributed by atoms with Crippen LogP contribution in [0.25, 0.3) is 10.9 Å². The lowest BCUT2D eigenvalue weighted by molar-refractivity contribution is -0.140. The van der Waals surface area contributed by atoms with Gasteiger partial charge in [-0.25, -0.2) is 18.7 Å². The minimum atomic E-state index is -0.957. The van der Waals surface area contributed by atoms with Crippen LogP contribution < -0.4 is 20.1 Å². The zero-order valence-corrected chi connectivity index (χ0v) is 22.2. The van der Waals surface area contributed by atoms with Crippen molar-refractivity contribution in [2.24, 2.45) is 0 Å². The maximum Gasteiger partial charge on any atom is 0.246 e. The van der Waals surface area contributed by atoms with Crippen LogP contribution in [-0.4, -0.2) is 59.0 Å². The van der Waals surface area contributed by atoms with E-state index in [1.807, 2.05) is 6.92 Å². The van der Waals surface area contributed by atoms with Crippen molar-refractivity contribution < 1.29 is 27.8 Å². The maximum atomic E-state index is 14.6. The third kappa shape index (κ3) is 6.03. The van der Waals surface area contributed by atoms with Crippen molar-refractivity contribution in [3.63, 3.8) is 0 Å². The molecule has 1 saturated heterocycles. The van der Waals surface area contributed by atoms with Gasteiger partial charge in [0.15, 0.2) is 17.3 Å². The Hall–Kier alpha value is -3.99. The summed E-state index contributed by atoms with van der Waals surface area (Å²) in [6.45, 7) is 6.28. The molecule has 1 aromatic heterocycles. The van der Waals surface area contributed by atoms with E-state index in [9.17, 15) is 18.4 Å². The first-order chi connectivity index (χ1) is 18.8. The average Bonchev–Trinajstić information content (AvgIpc) is 2.95. The molecule has 39 heavy (non-hydrogen) atoms. The standard InChI is InChI=1S/C27H28ClF2N5O4/c1-4-9-31-27(37)20-11-15(8-10-35(20)23(36)5-2)39-22-12-16-19(13-21(22)38-3)32-14-33-26(16)34-18-7-6-17(29)24(28)25(18)30/h5-7,12-15,20H,2,4,8-11H2,1,3H3,(H,31,37)(H,32,33,34). The predicted octanol–water partition coefficient (Wildman–Crippen LogP) is 4.76. The van der Waals surface area contributed by atoms with E-state index in [0.29, 0.717) is 41.9 Å². The van der Waals surface area contributed by atoms with Gasteiger partial charge in [0.1, 0.15) is 35.1 Å². The Bertz CT molecular complexity index is 1410. The van der Waals surface area contributed by atoms with Crippen LogP contribution in [0.15, 0.2) is 43.2 Å². The number of carbonyl (C=O) groups excluding carboxylic acids is 2. The van der Waals surface area contributed by atoms with Gasteiger partial charge in [-0.05, 0) is 30.7 Å². The number of nitrogens with zero attached hydrogens (tertiary/aromatic N) is 3. The average molecular weight is 560 g/mol. The Morgan fingerprint density at radius 2 is 2.05 bits per heavy atom. The largest absolute Gasteiger partial charge is 0.493 e. The number of hydrogen-bond donors (Lipinski definition) is 2. The molecule has 1 fully saturated rings. The predicted molar refractivity (Wildman–Crippen MR) is 143 cm³/mol. The van der Waals surface area contributed by atoms with E-state index < -0.39 is 28.8 Å². The second kappa shape index (κ2) is 12.2. The van der Waals surface area contributed by atoms with Crippen LogP contribution in [0.3, 0.4) is 0 Å². The molecule has 4 rings (SSSR count). The molecule has 2 atom stereocenters. The lowest BCUT2D eigenvalue weighted by Gasteiger charge is -2.38. The third-order valence-corrected chi connectivity index (χ3v) is 6.71. The van der Waals surface area contributed by atoms with Crippen LogP contribution in [0.5, 0.6) is 11.5 Å². The molecule has 3 aromatic rings. The highest BCUT2D eigenvalue weighted by atomic mass is 35.5. The van der Waals surface area contributed by atoms with E-state index in [0.717, 1.165) is 12.5 Å². The van der Waals surface area contributed by atoms with Crippen molar-refractivity contribution in [2.75, 3.05) is 25.5 Å². The van der Waals surface area contributed by atoms with E-state index >= 15 is 0 Å². The summed E-state index contributed by atoms with van der Waals surface area (Å²) >= 11 is 5.72. The van der Waals surface area contributed by atoms with Crippen molar-refractivity contribution in [1.29, 1.82) is 0 Å². The monoisotopic (exact) mass is 559 g/mol. The van der Waals surface area contributed by atoms with Gasteiger partial charge in [-0.15, -0.1) is 0 Å². The highest BCUT2D eigenvalue weighted by Gasteiger charge is 2.36. The zero-order valence-electron chi connectivity index (χ0n) is 21.5. The van der Waals surface area contributed by atoms with Crippen molar-refractivity contribution in [1.82, 2.24) is 20.2 Å². The highest BCUT2D eigenvalue weighted by molar-refractivity contribution is 6.31. The molecule has 0 bridgehead atoms. The summed E-state index contributed by atoms with van der Waals surface area (Å²) in [5.41, 5.74) is 0.411. The van der Waals surface area contributed by atoms with Gasteiger partial charge < -0.3 is 25.0 Å². The molecule has 2 heterocycles. The fourth-order valence-electron chi connectivity index (χ4n) is 4.38. The molecule has 9 nitrogen and oxygen atoms in total. The molecule has 2 aromatic carbocycles. The topological polar surface area (TPSA) is 106 Å². The normalized spacial score (nSPS) is 17.0. The Morgan fingerprint density at radius 1 is 1.26 bits per heavy atom. The highest BCUT2D eigenvalue weighted by Crippen LogP contribution is 2.37. The van der Waals surface area contributed by atoms with Gasteiger partial charge in [-0.3, -0.25) is 9.59 Å². The van der Waals surface area contributed by atoms with Crippen molar-refractivity contribution >= 4 is 45.8 Å². The first-order valence-corrected chi connectivity index (χ1v) is 12.8. The van der Waals surface area contributed by atoms with Gasteiger partial charge >= 0.3 is 0 Å². The molecule has 1 aliphatic rings. The molecule has 0 aliphatic carbocycles. The summed E-state index contributed by atoms with van der Waals surface area (Å²) in [4.78, 5) is 35.2. The second-order valence-electron chi connectivity index (χ2n) is 8.90. The Kier molecular flexibility index (Phi) is 8.80. The fraction of sp³-hybridized carbons (Fsp3) is 0.333. The maximum absolute atomic E-state index is 14.6. The van der Waals surface area contributed by atoms with Crippen LogP contribution in [0.1, 0.15) is 26.2 Å². The van der Waals surface area contributed by atoms with Crippen LogP contribution in [0.4, 0.5) is 20.3 Å². The number of rotatable bonds is 9. The number of piperidine rings is 1. The lowest BCUT2D eigenvalue weighted by atomic mass is 9.98. The molecule has 0 spiro atoms. The fourth-order valence-corrected chi connectivity index (χ4v) is 4.55. The summed E-state index contributed by atoms with van der Waals surface area (Å²) < 4.78 is 40.0. The number of aromatic nitrogens is 2.